The predicted octanol–water partition coefficient (Wildman–Crippen LogP) is 14.1. The van der Waals surface area contributed by atoms with Crippen molar-refractivity contribution in [1.29, 1.82) is 0 Å². The maximum Gasteiger partial charge on any atom is 0.0352 e. The van der Waals surface area contributed by atoms with E-state index in [-0.39, 0.29) is 0 Å². The van der Waals surface area contributed by atoms with Gasteiger partial charge in [0.1, 0.15) is 0 Å². The molecule has 0 saturated carbocycles. The lowest BCUT2D eigenvalue weighted by Crippen LogP contribution is -2.17. The second kappa shape index (κ2) is 12.3. The average molecular weight is 647 g/mol. The van der Waals surface area contributed by atoms with Gasteiger partial charge in [0, 0.05) is 15.7 Å². The van der Waals surface area contributed by atoms with Crippen molar-refractivity contribution in [3.8, 4) is 10.4 Å². The Kier molecular flexibility index (Phi) is 7.52. The maximum absolute atomic E-state index is 2.46. The Hall–Kier alpha value is -5.24. The molecule has 0 amide bonds. The standard InChI is InChI=1S/C48H38S/c1-31(37-20-9-16-33-12-5-7-18-38(33)37)24-25-32(2)43-30-46-40(44-28-35-14-3-4-15-36(35)29-45(43)44)21-11-23-42(46)48-27-26-47(49-48)41-22-10-17-34-13-6-8-19-39(34)41/h3-18,20-21,23-30,39,41H,19,22H2,1-2H3/b31-24+,32-25+. The number of rotatable bonds is 5. The van der Waals surface area contributed by atoms with Crippen LogP contribution in [0.4, 0.5) is 0 Å². The van der Waals surface area contributed by atoms with Crippen molar-refractivity contribution in [2.24, 2.45) is 5.92 Å². The van der Waals surface area contributed by atoms with Gasteiger partial charge in [0.2, 0.25) is 0 Å². The SMILES string of the molecule is C/C(=C\C=C(/C)c1cc2c(-c3ccc(C4CC=CC5=CC=CCC54)s3)cccc2c2cc3ccccc3cc12)c1cccc2ccccc12. The number of hydrogen-bond donors (Lipinski definition) is 0. The van der Waals surface area contributed by atoms with Crippen molar-refractivity contribution in [1.82, 2.24) is 0 Å². The Balaban J connectivity index is 1.19. The van der Waals surface area contributed by atoms with E-state index in [1.54, 1.807) is 0 Å². The highest BCUT2D eigenvalue weighted by Gasteiger charge is 2.29. The Bertz CT molecular complexity index is 2570. The summed E-state index contributed by atoms with van der Waals surface area (Å²) in [5.41, 5.74) is 7.91. The second-order valence-electron chi connectivity index (χ2n) is 13.7. The molecule has 0 nitrogen and oxygen atoms in total. The van der Waals surface area contributed by atoms with Crippen molar-refractivity contribution >= 4 is 65.6 Å². The van der Waals surface area contributed by atoms with Gasteiger partial charge < -0.3 is 0 Å². The molecule has 2 unspecified atom stereocenters. The van der Waals surface area contributed by atoms with Crippen LogP contribution in [0.5, 0.6) is 0 Å². The first-order chi connectivity index (χ1) is 24.1. The first-order valence-corrected chi connectivity index (χ1v) is 18.3. The minimum atomic E-state index is 0.541. The Morgan fingerprint density at radius 2 is 1.27 bits per heavy atom. The number of hydrogen-bond acceptors (Lipinski definition) is 1. The van der Waals surface area contributed by atoms with Crippen LogP contribution in [0.25, 0.3) is 64.7 Å². The fraction of sp³-hybridized carbons (Fsp3) is 0.125. The zero-order valence-electron chi connectivity index (χ0n) is 28.0. The summed E-state index contributed by atoms with van der Waals surface area (Å²) in [7, 11) is 0. The summed E-state index contributed by atoms with van der Waals surface area (Å²) in [4.78, 5) is 2.85. The molecule has 6 aromatic carbocycles. The summed E-state index contributed by atoms with van der Waals surface area (Å²) in [6, 6.07) is 43.0. The van der Waals surface area contributed by atoms with Gasteiger partial charge in [0.15, 0.2) is 0 Å². The molecule has 0 saturated heterocycles. The Labute approximate surface area is 292 Å². The van der Waals surface area contributed by atoms with E-state index >= 15 is 0 Å². The number of thiophene rings is 1. The Morgan fingerprint density at radius 3 is 2.12 bits per heavy atom. The van der Waals surface area contributed by atoms with Crippen LogP contribution in [0, 0.1) is 5.92 Å². The number of fused-ring (bicyclic) bond motifs is 6. The molecule has 0 fully saturated rings. The highest BCUT2D eigenvalue weighted by atomic mass is 32.1. The summed E-state index contributed by atoms with van der Waals surface area (Å²) in [6.07, 6.45) is 18.4. The molecule has 2 atom stereocenters. The van der Waals surface area contributed by atoms with Gasteiger partial charge in [0.25, 0.3) is 0 Å². The lowest BCUT2D eigenvalue weighted by molar-refractivity contribution is 0.489. The second-order valence-corrected chi connectivity index (χ2v) is 14.8. The van der Waals surface area contributed by atoms with Gasteiger partial charge in [-0.3, -0.25) is 0 Å². The predicted molar refractivity (Wildman–Crippen MR) is 215 cm³/mol. The summed E-state index contributed by atoms with van der Waals surface area (Å²) in [5.74, 6) is 1.12. The number of benzene rings is 6. The minimum absolute atomic E-state index is 0.541. The van der Waals surface area contributed by atoms with Gasteiger partial charge in [-0.05, 0) is 139 Å². The van der Waals surface area contributed by atoms with Crippen molar-refractivity contribution in [2.45, 2.75) is 32.6 Å². The summed E-state index contributed by atoms with van der Waals surface area (Å²) >= 11 is 1.99. The number of allylic oxidation sites excluding steroid dienone is 10. The minimum Gasteiger partial charge on any atom is -0.140 e. The molecule has 1 heteroatoms. The van der Waals surface area contributed by atoms with Crippen molar-refractivity contribution in [3.05, 3.63) is 179 Å². The van der Waals surface area contributed by atoms with Gasteiger partial charge in [-0.2, -0.15) is 0 Å². The van der Waals surface area contributed by atoms with Gasteiger partial charge in [0.05, 0.1) is 0 Å². The smallest absolute Gasteiger partial charge is 0.0352 e. The molecular formula is C48H38S. The van der Waals surface area contributed by atoms with Crippen molar-refractivity contribution < 1.29 is 0 Å². The third-order valence-electron chi connectivity index (χ3n) is 10.8. The third-order valence-corrected chi connectivity index (χ3v) is 12.0. The van der Waals surface area contributed by atoms with E-state index in [2.05, 4.69) is 172 Å². The molecule has 9 rings (SSSR count). The van der Waals surface area contributed by atoms with Crippen LogP contribution in [0.3, 0.4) is 0 Å². The van der Waals surface area contributed by atoms with Crippen LogP contribution in [0.2, 0.25) is 0 Å². The molecular weight excluding hydrogens is 609 g/mol. The van der Waals surface area contributed by atoms with Crippen LogP contribution >= 0.6 is 11.3 Å². The van der Waals surface area contributed by atoms with Crippen LogP contribution in [-0.4, -0.2) is 0 Å². The molecule has 0 spiro atoms. The van der Waals surface area contributed by atoms with E-state index in [4.69, 9.17) is 0 Å². The van der Waals surface area contributed by atoms with E-state index in [1.165, 1.54) is 86.3 Å². The largest absolute Gasteiger partial charge is 0.140 e. The highest BCUT2D eigenvalue weighted by Crippen LogP contribution is 2.46. The van der Waals surface area contributed by atoms with Crippen LogP contribution in [-0.2, 0) is 0 Å². The molecule has 2 aliphatic rings. The molecule has 0 radical (unpaired) electrons. The highest BCUT2D eigenvalue weighted by molar-refractivity contribution is 7.15. The van der Waals surface area contributed by atoms with Crippen LogP contribution < -0.4 is 0 Å². The van der Waals surface area contributed by atoms with Gasteiger partial charge >= 0.3 is 0 Å². The summed E-state index contributed by atoms with van der Waals surface area (Å²) < 4.78 is 0. The van der Waals surface area contributed by atoms with E-state index in [9.17, 15) is 0 Å². The topological polar surface area (TPSA) is 0 Å². The molecule has 0 N–H and O–H groups in total. The van der Waals surface area contributed by atoms with Crippen molar-refractivity contribution in [2.75, 3.05) is 0 Å². The fourth-order valence-electron chi connectivity index (χ4n) is 8.17. The average Bonchev–Trinajstić information content (AvgIpc) is 3.65. The molecule has 0 bridgehead atoms. The molecule has 2 aliphatic carbocycles. The van der Waals surface area contributed by atoms with E-state index in [0.29, 0.717) is 11.8 Å². The normalized spacial score (nSPS) is 18.0. The van der Waals surface area contributed by atoms with Crippen molar-refractivity contribution in [3.63, 3.8) is 0 Å². The van der Waals surface area contributed by atoms with E-state index in [1.807, 2.05) is 11.3 Å². The van der Waals surface area contributed by atoms with Gasteiger partial charge in [-0.25, -0.2) is 0 Å². The molecule has 236 valence electrons. The molecule has 0 aliphatic heterocycles. The Morgan fingerprint density at radius 1 is 0.571 bits per heavy atom. The zero-order valence-corrected chi connectivity index (χ0v) is 28.8. The maximum atomic E-state index is 2.46. The lowest BCUT2D eigenvalue weighted by Gasteiger charge is -2.30. The monoisotopic (exact) mass is 646 g/mol. The van der Waals surface area contributed by atoms with Gasteiger partial charge in [-0.1, -0.05) is 127 Å². The summed E-state index contributed by atoms with van der Waals surface area (Å²) in [5, 5.41) is 10.4. The fourth-order valence-corrected chi connectivity index (χ4v) is 9.40. The van der Waals surface area contributed by atoms with Gasteiger partial charge in [-0.15, -0.1) is 11.3 Å². The lowest BCUT2D eigenvalue weighted by atomic mass is 9.75. The van der Waals surface area contributed by atoms with Crippen LogP contribution in [0.15, 0.2) is 163 Å². The molecule has 1 heterocycles. The first-order valence-electron chi connectivity index (χ1n) is 17.5. The molecule has 49 heavy (non-hydrogen) atoms. The quantitative estimate of drug-likeness (QED) is 0.0992. The van der Waals surface area contributed by atoms with E-state index < -0.39 is 0 Å². The first kappa shape index (κ1) is 29.9. The third kappa shape index (κ3) is 5.30. The molecule has 1 aromatic heterocycles. The van der Waals surface area contributed by atoms with Crippen LogP contribution in [0.1, 0.15) is 48.6 Å². The van der Waals surface area contributed by atoms with E-state index in [0.717, 1.165) is 12.8 Å². The zero-order chi connectivity index (χ0) is 32.9. The summed E-state index contributed by atoms with van der Waals surface area (Å²) in [6.45, 7) is 4.50. The molecule has 7 aromatic rings.